The Kier molecular flexibility index (Phi) is 8.77. The van der Waals surface area contributed by atoms with Crippen LogP contribution in [0.25, 0.3) is 0 Å². The van der Waals surface area contributed by atoms with Crippen LogP contribution >= 0.6 is 0 Å². The minimum Gasteiger partial charge on any atom is -0.444 e. The summed E-state index contributed by atoms with van der Waals surface area (Å²) in [5.74, 6) is 0. The number of hydrogen-bond acceptors (Lipinski definition) is 7. The molecule has 4 heterocycles. The van der Waals surface area contributed by atoms with Gasteiger partial charge in [-0.2, -0.15) is 10.5 Å². The summed E-state index contributed by atoms with van der Waals surface area (Å²) >= 11 is 0. The molecule has 0 atom stereocenters. The summed E-state index contributed by atoms with van der Waals surface area (Å²) in [5.41, 5.74) is -1.81. The van der Waals surface area contributed by atoms with Gasteiger partial charge in [-0.15, -0.1) is 0 Å². The summed E-state index contributed by atoms with van der Waals surface area (Å²) in [7, 11) is 0. The third-order valence-corrected chi connectivity index (χ3v) is 6.31. The summed E-state index contributed by atoms with van der Waals surface area (Å²) in [4.78, 5) is 21.6. The molecule has 0 aromatic carbocycles. The molecule has 0 saturated carbocycles. The first kappa shape index (κ1) is 27.9. The number of aromatic nitrogens is 2. The van der Waals surface area contributed by atoms with E-state index in [-0.39, 0.29) is 25.9 Å². The number of ether oxygens (including phenoxy) is 1. The maximum atomic E-state index is 15.0. The molecular weight excluding hydrogens is 478 g/mol. The van der Waals surface area contributed by atoms with E-state index in [0.717, 1.165) is 0 Å². The maximum Gasteiger partial charge on any atom is 0.410 e. The number of nitrogens with one attached hydrogen (secondary N) is 1. The smallest absolute Gasteiger partial charge is 0.410 e. The van der Waals surface area contributed by atoms with Gasteiger partial charge in [0.1, 0.15) is 17.7 Å². The van der Waals surface area contributed by atoms with Gasteiger partial charge in [-0.1, -0.05) is 0 Å². The van der Waals surface area contributed by atoms with E-state index in [1.807, 2.05) is 12.1 Å². The molecule has 2 fully saturated rings. The van der Waals surface area contributed by atoms with Gasteiger partial charge in [0.25, 0.3) is 0 Å². The van der Waals surface area contributed by atoms with E-state index >= 15 is 0 Å². The van der Waals surface area contributed by atoms with Crippen LogP contribution in [0, 0.1) is 22.7 Å². The Morgan fingerprint density at radius 3 is 1.76 bits per heavy atom. The third kappa shape index (κ3) is 7.43. The molecule has 0 spiro atoms. The van der Waals surface area contributed by atoms with Crippen molar-refractivity contribution in [3.8, 4) is 12.1 Å². The summed E-state index contributed by atoms with van der Waals surface area (Å²) in [5, 5.41) is 20.5. The number of pyridine rings is 2. The van der Waals surface area contributed by atoms with Crippen LogP contribution in [0.5, 0.6) is 0 Å². The Bertz CT molecular complexity index is 1140. The van der Waals surface area contributed by atoms with Crippen molar-refractivity contribution in [3.05, 3.63) is 59.2 Å². The predicted octanol–water partition coefficient (Wildman–Crippen LogP) is 4.65. The number of carbonyl (C=O) groups excluding carboxylic acids is 1. The minimum absolute atomic E-state index is 0.172. The predicted molar refractivity (Wildman–Crippen MR) is 133 cm³/mol. The average Bonchev–Trinajstić information content (AvgIpc) is 2.89. The van der Waals surface area contributed by atoms with Crippen LogP contribution in [0.3, 0.4) is 0 Å². The topological polar surface area (TPSA) is 115 Å². The zero-order chi connectivity index (χ0) is 27.1. The van der Waals surface area contributed by atoms with Crippen LogP contribution in [-0.2, 0) is 16.1 Å². The highest BCUT2D eigenvalue weighted by molar-refractivity contribution is 5.68. The van der Waals surface area contributed by atoms with Gasteiger partial charge in [0, 0.05) is 38.3 Å². The molecular formula is C27H32F2N6O2. The van der Waals surface area contributed by atoms with Crippen molar-refractivity contribution < 1.29 is 18.3 Å². The maximum absolute atomic E-state index is 15.0. The van der Waals surface area contributed by atoms with E-state index in [0.29, 0.717) is 48.4 Å². The molecule has 196 valence electrons. The molecule has 10 heteroatoms. The molecule has 4 rings (SSSR count). The van der Waals surface area contributed by atoms with Gasteiger partial charge >= 0.3 is 6.09 Å². The molecule has 2 aliphatic rings. The van der Waals surface area contributed by atoms with Gasteiger partial charge in [-0.05, 0) is 71.0 Å². The molecule has 2 aliphatic heterocycles. The summed E-state index contributed by atoms with van der Waals surface area (Å²) in [6.45, 7) is 7.33. The number of hydrogen-bond donors (Lipinski definition) is 1. The largest absolute Gasteiger partial charge is 0.444 e. The van der Waals surface area contributed by atoms with Crippen LogP contribution < -0.4 is 5.32 Å². The lowest BCUT2D eigenvalue weighted by Crippen LogP contribution is -2.45. The van der Waals surface area contributed by atoms with Crippen molar-refractivity contribution in [1.82, 2.24) is 20.2 Å². The standard InChI is InChI=1S/C16H20FN3O2.C11H12FN3/c1-15(2,3)22-14(21)20-8-6-16(17,7-9-20)13-5-4-12(10-18)11-19-13;12-11(3-5-14-6-4-11)10-2-1-9(7-13)8-15-10/h4-5,11H,6-9H2,1-3H3;1-2,8,14H,3-6H2. The Morgan fingerprint density at radius 1 is 0.919 bits per heavy atom. The normalized spacial score (nSPS) is 18.4. The van der Waals surface area contributed by atoms with Crippen molar-refractivity contribution in [3.63, 3.8) is 0 Å². The van der Waals surface area contributed by atoms with E-state index in [9.17, 15) is 13.6 Å². The molecule has 8 nitrogen and oxygen atoms in total. The summed E-state index contributed by atoms with van der Waals surface area (Å²) in [6, 6.07) is 10.3. The van der Waals surface area contributed by atoms with Gasteiger partial charge in [0.2, 0.25) is 0 Å². The number of alkyl halides is 2. The molecule has 2 aromatic rings. The molecule has 0 bridgehead atoms. The minimum atomic E-state index is -1.56. The van der Waals surface area contributed by atoms with E-state index in [1.165, 1.54) is 17.3 Å². The number of carbonyl (C=O) groups is 1. The van der Waals surface area contributed by atoms with Crippen LogP contribution in [0.1, 0.15) is 69.0 Å². The highest BCUT2D eigenvalue weighted by atomic mass is 19.1. The highest BCUT2D eigenvalue weighted by Gasteiger charge is 2.39. The third-order valence-electron chi connectivity index (χ3n) is 6.31. The fraction of sp³-hybridized carbons (Fsp3) is 0.519. The Balaban J connectivity index is 0.000000220. The number of nitrogens with zero attached hydrogens (tertiary/aromatic N) is 5. The van der Waals surface area contributed by atoms with Gasteiger partial charge in [0.05, 0.1) is 22.5 Å². The van der Waals surface area contributed by atoms with Crippen molar-refractivity contribution in [2.45, 2.75) is 63.4 Å². The quantitative estimate of drug-likeness (QED) is 0.625. The van der Waals surface area contributed by atoms with Gasteiger partial charge in [-0.25, -0.2) is 13.6 Å². The van der Waals surface area contributed by atoms with Crippen molar-refractivity contribution in [2.24, 2.45) is 0 Å². The van der Waals surface area contributed by atoms with Crippen LogP contribution in [0.15, 0.2) is 36.7 Å². The van der Waals surface area contributed by atoms with Gasteiger partial charge < -0.3 is 15.0 Å². The van der Waals surface area contributed by atoms with Crippen molar-refractivity contribution >= 4 is 6.09 Å². The second-order valence-electron chi connectivity index (χ2n) is 10.2. The molecule has 1 N–H and O–H groups in total. The monoisotopic (exact) mass is 510 g/mol. The highest BCUT2D eigenvalue weighted by Crippen LogP contribution is 2.36. The molecule has 1 amide bonds. The van der Waals surface area contributed by atoms with E-state index < -0.39 is 23.0 Å². The van der Waals surface area contributed by atoms with Crippen LogP contribution in [-0.4, -0.2) is 52.7 Å². The first-order valence-corrected chi connectivity index (χ1v) is 12.3. The molecule has 2 saturated heterocycles. The van der Waals surface area contributed by atoms with E-state index in [1.54, 1.807) is 45.0 Å². The lowest BCUT2D eigenvalue weighted by Gasteiger charge is -2.36. The number of halogens is 2. The first-order chi connectivity index (χ1) is 17.5. The second-order valence-corrected chi connectivity index (χ2v) is 10.2. The number of rotatable bonds is 2. The second kappa shape index (κ2) is 11.6. The SMILES string of the molecule is CC(C)(C)OC(=O)N1CCC(F)(c2ccc(C#N)cn2)CC1.N#Cc1ccc(C2(F)CCNCC2)nc1. The fourth-order valence-electron chi connectivity index (χ4n) is 4.16. The number of nitriles is 2. The Morgan fingerprint density at radius 2 is 1.38 bits per heavy atom. The fourth-order valence-corrected chi connectivity index (χ4v) is 4.16. The van der Waals surface area contributed by atoms with E-state index in [2.05, 4.69) is 15.3 Å². The molecule has 37 heavy (non-hydrogen) atoms. The van der Waals surface area contributed by atoms with Crippen LogP contribution in [0.4, 0.5) is 13.6 Å². The number of amides is 1. The first-order valence-electron chi connectivity index (χ1n) is 12.3. The van der Waals surface area contributed by atoms with Gasteiger partial charge in [0.15, 0.2) is 11.3 Å². The average molecular weight is 511 g/mol. The molecule has 0 radical (unpaired) electrons. The van der Waals surface area contributed by atoms with E-state index in [4.69, 9.17) is 15.3 Å². The van der Waals surface area contributed by atoms with Crippen molar-refractivity contribution in [1.29, 1.82) is 10.5 Å². The Labute approximate surface area is 216 Å². The summed E-state index contributed by atoms with van der Waals surface area (Å²) in [6.07, 6.45) is 3.63. The van der Waals surface area contributed by atoms with Crippen LogP contribution in [0.2, 0.25) is 0 Å². The lowest BCUT2D eigenvalue weighted by atomic mass is 9.89. The molecule has 0 aliphatic carbocycles. The number of likely N-dealkylation sites (tertiary alicyclic amines) is 1. The number of piperidine rings is 2. The zero-order valence-electron chi connectivity index (χ0n) is 21.4. The summed E-state index contributed by atoms with van der Waals surface area (Å²) < 4.78 is 34.6. The lowest BCUT2D eigenvalue weighted by molar-refractivity contribution is 0.00125. The van der Waals surface area contributed by atoms with Gasteiger partial charge in [-0.3, -0.25) is 9.97 Å². The zero-order valence-corrected chi connectivity index (χ0v) is 21.4. The molecule has 0 unspecified atom stereocenters. The molecule has 2 aromatic heterocycles. The Hall–Kier alpha value is -3.63. The van der Waals surface area contributed by atoms with Crippen molar-refractivity contribution in [2.75, 3.05) is 26.2 Å².